The maximum absolute atomic E-state index is 12.3. The molecule has 0 aliphatic heterocycles. The van der Waals surface area contributed by atoms with Crippen LogP contribution in [0.4, 0.5) is 5.69 Å². The molecule has 0 unspecified atom stereocenters. The SMILES string of the molecule is Cc1ccc(N)c(C)c1S(=O)(=O)NCCC(=O)NC(C)C. The molecule has 1 rings (SSSR count). The van der Waals surface area contributed by atoms with E-state index >= 15 is 0 Å². The first-order valence-corrected chi connectivity index (χ1v) is 8.28. The zero-order valence-electron chi connectivity index (χ0n) is 12.9. The summed E-state index contributed by atoms with van der Waals surface area (Å²) in [6, 6.07) is 3.38. The quantitative estimate of drug-likeness (QED) is 0.684. The number of amides is 1. The van der Waals surface area contributed by atoms with Gasteiger partial charge in [-0.15, -0.1) is 0 Å². The van der Waals surface area contributed by atoms with Gasteiger partial charge in [0.2, 0.25) is 15.9 Å². The summed E-state index contributed by atoms with van der Waals surface area (Å²) in [7, 11) is -3.68. The zero-order valence-corrected chi connectivity index (χ0v) is 13.7. The van der Waals surface area contributed by atoms with Gasteiger partial charge in [-0.25, -0.2) is 13.1 Å². The van der Waals surface area contributed by atoms with Gasteiger partial charge in [-0.3, -0.25) is 4.79 Å². The molecule has 1 aromatic carbocycles. The molecule has 6 nitrogen and oxygen atoms in total. The smallest absolute Gasteiger partial charge is 0.241 e. The van der Waals surface area contributed by atoms with E-state index in [0.29, 0.717) is 16.8 Å². The highest BCUT2D eigenvalue weighted by molar-refractivity contribution is 7.89. The third-order valence-corrected chi connectivity index (χ3v) is 4.76. The van der Waals surface area contributed by atoms with E-state index in [1.165, 1.54) is 0 Å². The molecule has 0 aliphatic carbocycles. The normalized spacial score (nSPS) is 11.7. The van der Waals surface area contributed by atoms with Crippen molar-refractivity contribution in [1.29, 1.82) is 0 Å². The Hall–Kier alpha value is -1.60. The Bertz CT molecular complexity index is 625. The average Bonchev–Trinajstić information content (AvgIpc) is 2.32. The number of benzene rings is 1. The van der Waals surface area contributed by atoms with Crippen LogP contribution >= 0.6 is 0 Å². The third kappa shape index (κ3) is 4.71. The lowest BCUT2D eigenvalue weighted by Crippen LogP contribution is -2.34. The zero-order chi connectivity index (χ0) is 16.2. The minimum Gasteiger partial charge on any atom is -0.398 e. The van der Waals surface area contributed by atoms with Gasteiger partial charge in [0, 0.05) is 24.7 Å². The van der Waals surface area contributed by atoms with Gasteiger partial charge in [-0.05, 0) is 44.9 Å². The lowest BCUT2D eigenvalue weighted by molar-refractivity contribution is -0.121. The monoisotopic (exact) mass is 313 g/mol. The van der Waals surface area contributed by atoms with Crippen LogP contribution < -0.4 is 15.8 Å². The number of aryl methyl sites for hydroxylation is 1. The van der Waals surface area contributed by atoms with Crippen molar-refractivity contribution in [3.05, 3.63) is 23.3 Å². The van der Waals surface area contributed by atoms with Gasteiger partial charge in [0.1, 0.15) is 0 Å². The van der Waals surface area contributed by atoms with E-state index in [4.69, 9.17) is 5.73 Å². The summed E-state index contributed by atoms with van der Waals surface area (Å²) >= 11 is 0. The summed E-state index contributed by atoms with van der Waals surface area (Å²) in [6.07, 6.45) is 0.0951. The lowest BCUT2D eigenvalue weighted by Gasteiger charge is -2.14. The van der Waals surface area contributed by atoms with Gasteiger partial charge < -0.3 is 11.1 Å². The molecule has 0 bridgehead atoms. The standard InChI is InChI=1S/C14H23N3O3S/c1-9(2)17-13(18)7-8-16-21(19,20)14-10(3)5-6-12(15)11(14)4/h5-6,9,16H,7-8,15H2,1-4H3,(H,17,18). The van der Waals surface area contributed by atoms with Crippen molar-refractivity contribution >= 4 is 21.6 Å². The lowest BCUT2D eigenvalue weighted by atomic mass is 10.1. The number of anilines is 1. The Labute approximate surface area is 126 Å². The first-order chi connectivity index (χ1) is 9.65. The summed E-state index contributed by atoms with van der Waals surface area (Å²) in [4.78, 5) is 11.7. The Morgan fingerprint density at radius 1 is 1.29 bits per heavy atom. The van der Waals surface area contributed by atoms with Crippen LogP contribution in [-0.4, -0.2) is 26.9 Å². The van der Waals surface area contributed by atoms with E-state index < -0.39 is 10.0 Å². The molecule has 1 amide bonds. The van der Waals surface area contributed by atoms with Gasteiger partial charge in [0.05, 0.1) is 4.90 Å². The van der Waals surface area contributed by atoms with Gasteiger partial charge in [0.25, 0.3) is 0 Å². The number of nitrogen functional groups attached to an aromatic ring is 1. The van der Waals surface area contributed by atoms with Crippen LogP contribution in [0.1, 0.15) is 31.4 Å². The first kappa shape index (κ1) is 17.5. The largest absolute Gasteiger partial charge is 0.398 e. The summed E-state index contributed by atoms with van der Waals surface area (Å²) in [5.41, 5.74) is 7.34. The van der Waals surface area contributed by atoms with Crippen molar-refractivity contribution in [2.45, 2.75) is 45.1 Å². The number of hydrogen-bond acceptors (Lipinski definition) is 4. The molecule has 4 N–H and O–H groups in total. The van der Waals surface area contributed by atoms with Crippen molar-refractivity contribution in [1.82, 2.24) is 10.0 Å². The highest BCUT2D eigenvalue weighted by atomic mass is 32.2. The number of nitrogens with one attached hydrogen (secondary N) is 2. The molecule has 0 heterocycles. The number of nitrogens with two attached hydrogens (primary N) is 1. The fourth-order valence-electron chi connectivity index (χ4n) is 2.02. The molecule has 0 aromatic heterocycles. The maximum atomic E-state index is 12.3. The van der Waals surface area contributed by atoms with Crippen LogP contribution in [0, 0.1) is 13.8 Å². The molecule has 1 aromatic rings. The predicted molar refractivity (Wildman–Crippen MR) is 83.4 cm³/mol. The van der Waals surface area contributed by atoms with Gasteiger partial charge in [0.15, 0.2) is 0 Å². The number of carbonyl (C=O) groups excluding carboxylic acids is 1. The molecular weight excluding hydrogens is 290 g/mol. The maximum Gasteiger partial charge on any atom is 0.241 e. The van der Waals surface area contributed by atoms with E-state index in [0.717, 1.165) is 0 Å². The summed E-state index contributed by atoms with van der Waals surface area (Å²) in [5, 5.41) is 2.71. The molecule has 0 radical (unpaired) electrons. The van der Waals surface area contributed by atoms with E-state index in [2.05, 4.69) is 10.0 Å². The molecule has 0 spiro atoms. The van der Waals surface area contributed by atoms with Crippen LogP contribution in [0.25, 0.3) is 0 Å². The highest BCUT2D eigenvalue weighted by Crippen LogP contribution is 2.24. The van der Waals surface area contributed by atoms with Gasteiger partial charge in [-0.1, -0.05) is 6.07 Å². The minimum absolute atomic E-state index is 0.0347. The van der Waals surface area contributed by atoms with Gasteiger partial charge >= 0.3 is 0 Å². The topological polar surface area (TPSA) is 101 Å². The molecule has 0 saturated heterocycles. The van der Waals surface area contributed by atoms with Crippen LogP contribution in [0.2, 0.25) is 0 Å². The summed E-state index contributed by atoms with van der Waals surface area (Å²) in [5.74, 6) is -0.186. The molecule has 0 fully saturated rings. The average molecular weight is 313 g/mol. The second-order valence-corrected chi connectivity index (χ2v) is 7.00. The molecule has 0 atom stereocenters. The fraction of sp³-hybridized carbons (Fsp3) is 0.500. The Kier molecular flexibility index (Phi) is 5.74. The first-order valence-electron chi connectivity index (χ1n) is 6.80. The van der Waals surface area contributed by atoms with E-state index in [9.17, 15) is 13.2 Å². The van der Waals surface area contributed by atoms with Crippen molar-refractivity contribution in [2.75, 3.05) is 12.3 Å². The molecule has 118 valence electrons. The van der Waals surface area contributed by atoms with Crippen molar-refractivity contribution in [2.24, 2.45) is 0 Å². The fourth-order valence-corrected chi connectivity index (χ4v) is 3.55. The number of hydrogen-bond donors (Lipinski definition) is 3. The second kappa shape index (κ2) is 6.91. The molecule has 0 aliphatic rings. The molecule has 21 heavy (non-hydrogen) atoms. The van der Waals surface area contributed by atoms with E-state index in [1.54, 1.807) is 26.0 Å². The van der Waals surface area contributed by atoms with Crippen LogP contribution in [-0.2, 0) is 14.8 Å². The summed E-state index contributed by atoms with van der Waals surface area (Å²) < 4.78 is 27.1. The Balaban J connectivity index is 2.80. The van der Waals surface area contributed by atoms with Crippen LogP contribution in [0.5, 0.6) is 0 Å². The number of sulfonamides is 1. The highest BCUT2D eigenvalue weighted by Gasteiger charge is 2.20. The Morgan fingerprint density at radius 2 is 1.90 bits per heavy atom. The van der Waals surface area contributed by atoms with E-state index in [-0.39, 0.29) is 29.8 Å². The second-order valence-electron chi connectivity index (χ2n) is 5.30. The van der Waals surface area contributed by atoms with E-state index in [1.807, 2.05) is 13.8 Å². The molecular formula is C14H23N3O3S. The van der Waals surface area contributed by atoms with Crippen LogP contribution in [0.3, 0.4) is 0 Å². The summed E-state index contributed by atoms with van der Waals surface area (Å²) in [6.45, 7) is 7.13. The third-order valence-electron chi connectivity index (χ3n) is 3.01. The predicted octanol–water partition coefficient (Wildman–Crippen LogP) is 1.08. The molecule has 7 heteroatoms. The Morgan fingerprint density at radius 3 is 2.48 bits per heavy atom. The van der Waals surface area contributed by atoms with Gasteiger partial charge in [-0.2, -0.15) is 0 Å². The van der Waals surface area contributed by atoms with Crippen molar-refractivity contribution < 1.29 is 13.2 Å². The minimum atomic E-state index is -3.68. The molecule has 0 saturated carbocycles. The van der Waals surface area contributed by atoms with Crippen LogP contribution in [0.15, 0.2) is 17.0 Å². The number of carbonyl (C=O) groups is 1. The van der Waals surface area contributed by atoms with Crippen molar-refractivity contribution in [3.8, 4) is 0 Å². The number of rotatable bonds is 6. The van der Waals surface area contributed by atoms with Crippen molar-refractivity contribution in [3.63, 3.8) is 0 Å².